The van der Waals surface area contributed by atoms with E-state index in [0.29, 0.717) is 32.8 Å². The number of anilines is 1. The second kappa shape index (κ2) is 6.45. The standard InChI is InChI=1S/C17H10N4O4S/c22-15(18-11-2-1-3-12-14(11)21-25-20-12)10-6-4-9(5-7-10)8-13-16(23)19-17(24)26-13/h1-8H,(H,18,22)(H,19,23,24). The summed E-state index contributed by atoms with van der Waals surface area (Å²) in [7, 11) is 0. The van der Waals surface area contributed by atoms with Crippen LogP contribution in [-0.2, 0) is 4.79 Å². The lowest BCUT2D eigenvalue weighted by atomic mass is 10.1. The maximum atomic E-state index is 12.4. The molecule has 0 unspecified atom stereocenters. The largest absolute Gasteiger partial charge is 0.320 e. The molecule has 0 aliphatic carbocycles. The number of fused-ring (bicyclic) bond motifs is 1. The van der Waals surface area contributed by atoms with Crippen molar-refractivity contribution in [1.29, 1.82) is 0 Å². The van der Waals surface area contributed by atoms with Gasteiger partial charge in [0.25, 0.3) is 17.1 Å². The van der Waals surface area contributed by atoms with E-state index in [-0.39, 0.29) is 5.91 Å². The van der Waals surface area contributed by atoms with Gasteiger partial charge in [0.2, 0.25) is 0 Å². The van der Waals surface area contributed by atoms with E-state index in [1.54, 1.807) is 48.5 Å². The predicted molar refractivity (Wildman–Crippen MR) is 95.3 cm³/mol. The lowest BCUT2D eigenvalue weighted by Crippen LogP contribution is -2.17. The van der Waals surface area contributed by atoms with E-state index in [4.69, 9.17) is 0 Å². The quantitative estimate of drug-likeness (QED) is 0.685. The summed E-state index contributed by atoms with van der Waals surface area (Å²) in [6, 6.07) is 11.8. The summed E-state index contributed by atoms with van der Waals surface area (Å²) in [6.07, 6.45) is 1.59. The lowest BCUT2D eigenvalue weighted by Gasteiger charge is -2.05. The van der Waals surface area contributed by atoms with E-state index in [9.17, 15) is 14.4 Å². The lowest BCUT2D eigenvalue weighted by molar-refractivity contribution is -0.115. The molecule has 0 bridgehead atoms. The van der Waals surface area contributed by atoms with Gasteiger partial charge in [-0.25, -0.2) is 4.63 Å². The number of carbonyl (C=O) groups excluding carboxylic acids is 3. The van der Waals surface area contributed by atoms with Crippen molar-refractivity contribution in [1.82, 2.24) is 15.6 Å². The molecule has 1 saturated heterocycles. The molecule has 1 fully saturated rings. The van der Waals surface area contributed by atoms with Crippen molar-refractivity contribution in [2.75, 3.05) is 5.32 Å². The van der Waals surface area contributed by atoms with Crippen LogP contribution < -0.4 is 10.6 Å². The van der Waals surface area contributed by atoms with Gasteiger partial charge in [0.1, 0.15) is 5.52 Å². The zero-order chi connectivity index (χ0) is 18.1. The second-order valence-electron chi connectivity index (χ2n) is 5.37. The molecule has 0 atom stereocenters. The Balaban J connectivity index is 1.52. The molecule has 2 heterocycles. The normalized spacial score (nSPS) is 15.5. The van der Waals surface area contributed by atoms with Crippen LogP contribution in [0.25, 0.3) is 17.1 Å². The third kappa shape index (κ3) is 3.07. The molecule has 4 rings (SSSR count). The molecule has 128 valence electrons. The Bertz CT molecular complexity index is 1070. The Morgan fingerprint density at radius 3 is 2.65 bits per heavy atom. The highest BCUT2D eigenvalue weighted by atomic mass is 32.2. The fraction of sp³-hybridized carbons (Fsp3) is 0. The Morgan fingerprint density at radius 1 is 1.12 bits per heavy atom. The minimum atomic E-state index is -0.420. The van der Waals surface area contributed by atoms with Crippen LogP contribution >= 0.6 is 11.8 Å². The first-order chi connectivity index (χ1) is 12.6. The van der Waals surface area contributed by atoms with Gasteiger partial charge in [-0.15, -0.1) is 0 Å². The summed E-state index contributed by atoms with van der Waals surface area (Å²) in [5, 5.41) is 12.1. The van der Waals surface area contributed by atoms with E-state index in [1.165, 1.54) is 0 Å². The molecule has 3 aromatic rings. The molecule has 1 aliphatic rings. The Kier molecular flexibility index (Phi) is 3.98. The molecule has 9 heteroatoms. The molecule has 3 amide bonds. The first-order valence-electron chi connectivity index (χ1n) is 7.48. The second-order valence-corrected chi connectivity index (χ2v) is 6.38. The minimum absolute atomic E-state index is 0.317. The number of aromatic nitrogens is 2. The van der Waals surface area contributed by atoms with Gasteiger partial charge in [0.15, 0.2) is 5.52 Å². The van der Waals surface area contributed by atoms with Gasteiger partial charge < -0.3 is 5.32 Å². The van der Waals surface area contributed by atoms with Crippen LogP contribution in [0.4, 0.5) is 10.5 Å². The van der Waals surface area contributed by atoms with Gasteiger partial charge >= 0.3 is 0 Å². The van der Waals surface area contributed by atoms with E-state index < -0.39 is 11.1 Å². The summed E-state index contributed by atoms with van der Waals surface area (Å²) < 4.78 is 4.67. The Labute approximate surface area is 150 Å². The zero-order valence-electron chi connectivity index (χ0n) is 13.1. The van der Waals surface area contributed by atoms with Crippen LogP contribution in [0, 0.1) is 0 Å². The molecule has 0 spiro atoms. The SMILES string of the molecule is O=C1NC(=O)C(=Cc2ccc(C(=O)Nc3cccc4nonc34)cc2)S1. The highest BCUT2D eigenvalue weighted by Crippen LogP contribution is 2.26. The van der Waals surface area contributed by atoms with Crippen molar-refractivity contribution < 1.29 is 19.0 Å². The smallest absolute Gasteiger partial charge is 0.290 e. The third-order valence-electron chi connectivity index (χ3n) is 3.65. The van der Waals surface area contributed by atoms with E-state index in [0.717, 1.165) is 11.8 Å². The molecule has 2 aromatic carbocycles. The maximum Gasteiger partial charge on any atom is 0.290 e. The van der Waals surface area contributed by atoms with Crippen molar-refractivity contribution in [3.05, 3.63) is 58.5 Å². The average Bonchev–Trinajstić information content (AvgIpc) is 3.22. The summed E-state index contributed by atoms with van der Waals surface area (Å²) in [5.74, 6) is -0.737. The fourth-order valence-corrected chi connectivity index (χ4v) is 3.09. The molecule has 0 radical (unpaired) electrons. The molecule has 0 saturated carbocycles. The average molecular weight is 366 g/mol. The zero-order valence-corrected chi connectivity index (χ0v) is 13.9. The number of nitrogens with one attached hydrogen (secondary N) is 2. The van der Waals surface area contributed by atoms with Crippen molar-refractivity contribution in [3.63, 3.8) is 0 Å². The highest BCUT2D eigenvalue weighted by Gasteiger charge is 2.24. The van der Waals surface area contributed by atoms with Crippen molar-refractivity contribution >= 4 is 51.6 Å². The van der Waals surface area contributed by atoms with E-state index in [2.05, 4.69) is 25.6 Å². The summed E-state index contributed by atoms with van der Waals surface area (Å²) in [4.78, 5) is 35.4. The number of imide groups is 1. The summed E-state index contributed by atoms with van der Waals surface area (Å²) in [5.41, 5.74) is 2.65. The molecule has 1 aliphatic heterocycles. The monoisotopic (exact) mass is 366 g/mol. The molecule has 1 aromatic heterocycles. The van der Waals surface area contributed by atoms with Gasteiger partial charge in [-0.1, -0.05) is 18.2 Å². The first kappa shape index (κ1) is 16.0. The van der Waals surface area contributed by atoms with Gasteiger partial charge in [-0.3, -0.25) is 19.7 Å². The van der Waals surface area contributed by atoms with Crippen LogP contribution in [0.15, 0.2) is 52.0 Å². The van der Waals surface area contributed by atoms with Crippen LogP contribution in [-0.4, -0.2) is 27.4 Å². The molecular weight excluding hydrogens is 356 g/mol. The maximum absolute atomic E-state index is 12.4. The summed E-state index contributed by atoms with van der Waals surface area (Å²) in [6.45, 7) is 0. The number of carbonyl (C=O) groups is 3. The number of benzene rings is 2. The minimum Gasteiger partial charge on any atom is -0.320 e. The number of rotatable bonds is 3. The summed E-state index contributed by atoms with van der Waals surface area (Å²) >= 11 is 0.843. The topological polar surface area (TPSA) is 114 Å². The number of hydrogen-bond donors (Lipinski definition) is 2. The van der Waals surface area contributed by atoms with Gasteiger partial charge in [0.05, 0.1) is 10.6 Å². The van der Waals surface area contributed by atoms with Crippen LogP contribution in [0.1, 0.15) is 15.9 Å². The number of amides is 3. The third-order valence-corrected chi connectivity index (χ3v) is 4.46. The number of hydrogen-bond acceptors (Lipinski definition) is 7. The van der Waals surface area contributed by atoms with Gasteiger partial charge in [0, 0.05) is 5.56 Å². The van der Waals surface area contributed by atoms with Crippen LogP contribution in [0.2, 0.25) is 0 Å². The van der Waals surface area contributed by atoms with Crippen molar-refractivity contribution in [3.8, 4) is 0 Å². The number of nitrogens with zero attached hydrogens (tertiary/aromatic N) is 2. The predicted octanol–water partition coefficient (Wildman–Crippen LogP) is 2.80. The fourth-order valence-electron chi connectivity index (χ4n) is 2.40. The van der Waals surface area contributed by atoms with Crippen LogP contribution in [0.3, 0.4) is 0 Å². The molecular formula is C17H10N4O4S. The van der Waals surface area contributed by atoms with Gasteiger partial charge in [-0.2, -0.15) is 0 Å². The Hall–Kier alpha value is -3.46. The van der Waals surface area contributed by atoms with Gasteiger partial charge in [-0.05, 0) is 58.0 Å². The molecule has 26 heavy (non-hydrogen) atoms. The number of thioether (sulfide) groups is 1. The Morgan fingerprint density at radius 2 is 1.92 bits per heavy atom. The van der Waals surface area contributed by atoms with Crippen LogP contribution in [0.5, 0.6) is 0 Å². The first-order valence-corrected chi connectivity index (χ1v) is 8.29. The van der Waals surface area contributed by atoms with E-state index >= 15 is 0 Å². The highest BCUT2D eigenvalue weighted by molar-refractivity contribution is 8.18. The molecule has 8 nitrogen and oxygen atoms in total. The van der Waals surface area contributed by atoms with E-state index in [1.807, 2.05) is 0 Å². The van der Waals surface area contributed by atoms with Crippen molar-refractivity contribution in [2.24, 2.45) is 0 Å². The van der Waals surface area contributed by atoms with Crippen molar-refractivity contribution in [2.45, 2.75) is 0 Å². The molecule has 2 N–H and O–H groups in total.